The fourth-order valence-electron chi connectivity index (χ4n) is 0.380. The molecular weight excluding hydrogens is 236 g/mol. The average molecular weight is 254 g/mol. The van der Waals surface area contributed by atoms with Crippen molar-refractivity contribution < 1.29 is 24.9 Å². The maximum Gasteiger partial charge on any atom is 0.322 e. The molecule has 0 aliphatic carbocycles. The van der Waals surface area contributed by atoms with Crippen molar-refractivity contribution in [2.45, 2.75) is 30.7 Å². The molecule has 1 unspecified atom stereocenters. The van der Waals surface area contributed by atoms with Crippen LogP contribution >= 0.6 is 12.6 Å². The van der Waals surface area contributed by atoms with E-state index in [1.165, 1.54) is 0 Å². The molecule has 0 aromatic heterocycles. The molecule has 0 rings (SSSR count). The standard InChI is InChI=1S/C5H11NO2S.C3H7NO3/c1-5(2,9)3(6)4(7)8;4-2(1-5)3(6)7/h3,9H,6H2,1-2H3,(H,7,8);2,5H,1,4H2,(H,6,7)/t3-;/m0./s1. The molecule has 2 atom stereocenters. The van der Waals surface area contributed by atoms with Gasteiger partial charge in [-0.25, -0.2) is 0 Å². The van der Waals surface area contributed by atoms with E-state index in [0.29, 0.717) is 0 Å². The number of hydrogen-bond donors (Lipinski definition) is 6. The Morgan fingerprint density at radius 2 is 1.62 bits per heavy atom. The second-order valence-electron chi connectivity index (χ2n) is 3.60. The molecule has 0 spiro atoms. The maximum atomic E-state index is 10.2. The van der Waals surface area contributed by atoms with Gasteiger partial charge in [0.1, 0.15) is 12.1 Å². The molecule has 0 aromatic carbocycles. The van der Waals surface area contributed by atoms with Gasteiger partial charge in [-0.15, -0.1) is 0 Å². The van der Waals surface area contributed by atoms with Gasteiger partial charge in [-0.2, -0.15) is 12.6 Å². The third-order valence-electron chi connectivity index (χ3n) is 1.54. The fourth-order valence-corrected chi connectivity index (χ4v) is 0.491. The predicted molar refractivity (Wildman–Crippen MR) is 61.4 cm³/mol. The van der Waals surface area contributed by atoms with Gasteiger partial charge in [0.25, 0.3) is 0 Å². The third kappa shape index (κ3) is 8.48. The van der Waals surface area contributed by atoms with Gasteiger partial charge in [-0.1, -0.05) is 0 Å². The number of nitrogens with two attached hydrogens (primary N) is 2. The number of aliphatic carboxylic acids is 2. The molecule has 7 N–H and O–H groups in total. The average Bonchev–Trinajstić information content (AvgIpc) is 2.14. The van der Waals surface area contributed by atoms with Crippen LogP contribution in [0.4, 0.5) is 0 Å². The minimum absolute atomic E-state index is 0.505. The van der Waals surface area contributed by atoms with Crippen molar-refractivity contribution in [1.82, 2.24) is 0 Å². The Bertz CT molecular complexity index is 241. The molecule has 0 aromatic rings. The molecular formula is C8H18N2O5S. The molecule has 0 amide bonds. The summed E-state index contributed by atoms with van der Waals surface area (Å²) in [6, 6.07) is -2.03. The lowest BCUT2D eigenvalue weighted by Crippen LogP contribution is -2.45. The Morgan fingerprint density at radius 1 is 1.25 bits per heavy atom. The number of rotatable bonds is 4. The van der Waals surface area contributed by atoms with E-state index in [-0.39, 0.29) is 0 Å². The van der Waals surface area contributed by atoms with Crippen LogP contribution in [0.15, 0.2) is 0 Å². The van der Waals surface area contributed by atoms with E-state index < -0.39 is 35.4 Å². The zero-order chi connectivity index (χ0) is 13.5. The highest BCUT2D eigenvalue weighted by atomic mass is 32.1. The summed E-state index contributed by atoms with van der Waals surface area (Å²) in [4.78, 5) is 19.8. The smallest absolute Gasteiger partial charge is 0.322 e. The topological polar surface area (TPSA) is 147 Å². The molecule has 0 saturated heterocycles. The first-order valence-corrected chi connectivity index (χ1v) is 4.78. The maximum absolute atomic E-state index is 10.2. The Labute approximate surface area is 98.8 Å². The molecule has 0 heterocycles. The van der Waals surface area contributed by atoms with Gasteiger partial charge in [-0.3, -0.25) is 9.59 Å². The molecule has 16 heavy (non-hydrogen) atoms. The van der Waals surface area contributed by atoms with Crippen LogP contribution in [0.3, 0.4) is 0 Å². The van der Waals surface area contributed by atoms with Gasteiger partial charge in [0.2, 0.25) is 0 Å². The van der Waals surface area contributed by atoms with Crippen molar-refractivity contribution in [3.8, 4) is 0 Å². The molecule has 8 heteroatoms. The lowest BCUT2D eigenvalue weighted by atomic mass is 10.1. The van der Waals surface area contributed by atoms with Gasteiger partial charge in [0, 0.05) is 4.75 Å². The van der Waals surface area contributed by atoms with Crippen LogP contribution in [0.25, 0.3) is 0 Å². The first-order valence-electron chi connectivity index (χ1n) is 4.34. The molecule has 0 saturated carbocycles. The highest BCUT2D eigenvalue weighted by Crippen LogP contribution is 2.15. The van der Waals surface area contributed by atoms with Gasteiger partial charge < -0.3 is 26.8 Å². The van der Waals surface area contributed by atoms with E-state index >= 15 is 0 Å². The zero-order valence-corrected chi connectivity index (χ0v) is 10.0. The van der Waals surface area contributed by atoms with Crippen LogP contribution in [0, 0.1) is 0 Å². The highest BCUT2D eigenvalue weighted by Gasteiger charge is 2.27. The molecule has 0 aliphatic rings. The van der Waals surface area contributed by atoms with Crippen LogP contribution in [0.2, 0.25) is 0 Å². The van der Waals surface area contributed by atoms with Crippen molar-refractivity contribution in [1.29, 1.82) is 0 Å². The van der Waals surface area contributed by atoms with Crippen LogP contribution in [-0.4, -0.2) is 50.7 Å². The summed E-state index contributed by atoms with van der Waals surface area (Å²) in [6.45, 7) is 2.82. The van der Waals surface area contributed by atoms with Gasteiger partial charge in [0.15, 0.2) is 0 Å². The fraction of sp³-hybridized carbons (Fsp3) is 0.750. The van der Waals surface area contributed by atoms with Crippen LogP contribution in [0.5, 0.6) is 0 Å². The second kappa shape index (κ2) is 7.44. The molecule has 0 radical (unpaired) electrons. The Hall–Kier alpha value is -0.830. The van der Waals surface area contributed by atoms with E-state index in [1.54, 1.807) is 13.8 Å². The van der Waals surface area contributed by atoms with Crippen LogP contribution < -0.4 is 11.5 Å². The molecule has 0 fully saturated rings. The van der Waals surface area contributed by atoms with Gasteiger partial charge in [-0.05, 0) is 13.8 Å². The Balaban J connectivity index is 0. The monoisotopic (exact) mass is 254 g/mol. The van der Waals surface area contributed by atoms with Gasteiger partial charge >= 0.3 is 11.9 Å². The van der Waals surface area contributed by atoms with Crippen molar-refractivity contribution in [2.75, 3.05) is 6.61 Å². The number of hydrogen-bond acceptors (Lipinski definition) is 6. The second-order valence-corrected chi connectivity index (χ2v) is 4.75. The number of carboxylic acids is 2. The molecule has 96 valence electrons. The zero-order valence-electron chi connectivity index (χ0n) is 9.12. The molecule has 7 nitrogen and oxygen atoms in total. The summed E-state index contributed by atoms with van der Waals surface area (Å²) in [7, 11) is 0. The largest absolute Gasteiger partial charge is 0.480 e. The molecule has 0 aliphatic heterocycles. The van der Waals surface area contributed by atoms with Gasteiger partial charge in [0.05, 0.1) is 6.61 Å². The van der Waals surface area contributed by atoms with E-state index in [1.807, 2.05) is 0 Å². The number of thiol groups is 1. The normalized spacial score (nSPS) is 14.4. The van der Waals surface area contributed by atoms with Crippen molar-refractivity contribution in [3.05, 3.63) is 0 Å². The minimum atomic E-state index is -1.18. The van der Waals surface area contributed by atoms with E-state index in [0.717, 1.165) is 0 Å². The summed E-state index contributed by atoms with van der Waals surface area (Å²) < 4.78 is -0.647. The molecule has 0 bridgehead atoms. The summed E-state index contributed by atoms with van der Waals surface area (Å²) in [5.41, 5.74) is 9.98. The van der Waals surface area contributed by atoms with Crippen LogP contribution in [0.1, 0.15) is 13.8 Å². The van der Waals surface area contributed by atoms with E-state index in [2.05, 4.69) is 12.6 Å². The highest BCUT2D eigenvalue weighted by molar-refractivity contribution is 7.81. The summed E-state index contributed by atoms with van der Waals surface area (Å²) in [5, 5.41) is 24.2. The number of aliphatic hydroxyl groups excluding tert-OH is 1. The Kier molecular flexibility index (Phi) is 8.17. The summed E-state index contributed by atoms with van der Waals surface area (Å²) >= 11 is 3.98. The van der Waals surface area contributed by atoms with Crippen molar-refractivity contribution in [2.24, 2.45) is 11.5 Å². The number of carboxylic acid groups (broad SMARTS) is 2. The van der Waals surface area contributed by atoms with Crippen molar-refractivity contribution >= 4 is 24.6 Å². The lowest BCUT2D eigenvalue weighted by molar-refractivity contribution is -0.140. The quantitative estimate of drug-likeness (QED) is 0.334. The van der Waals surface area contributed by atoms with Crippen molar-refractivity contribution in [3.63, 3.8) is 0 Å². The lowest BCUT2D eigenvalue weighted by Gasteiger charge is -2.21. The SMILES string of the molecule is CC(C)(S)[C@@H](N)C(=O)O.NC(CO)C(=O)O. The third-order valence-corrected chi connectivity index (χ3v) is 1.82. The van der Waals surface area contributed by atoms with E-state index in [9.17, 15) is 9.59 Å². The number of carbonyl (C=O) groups is 2. The summed E-state index contributed by atoms with van der Waals surface area (Å²) in [6.07, 6.45) is 0. The van der Waals surface area contributed by atoms with E-state index in [4.69, 9.17) is 26.8 Å². The van der Waals surface area contributed by atoms with Crippen LogP contribution in [-0.2, 0) is 9.59 Å². The summed E-state index contributed by atoms with van der Waals surface area (Å²) in [5.74, 6) is -2.20. The minimum Gasteiger partial charge on any atom is -0.480 e. The first-order chi connectivity index (χ1) is 7.03. The number of aliphatic hydroxyl groups is 1. The Morgan fingerprint density at radius 3 is 1.62 bits per heavy atom. The first kappa shape index (κ1) is 17.6. The predicted octanol–water partition coefficient (Wildman–Crippen LogP) is -1.50.